The zero-order valence-corrected chi connectivity index (χ0v) is 16.7. The van der Waals surface area contributed by atoms with Crippen LogP contribution in [0.15, 0.2) is 60.7 Å². The Hall–Kier alpha value is -2.43. The van der Waals surface area contributed by atoms with Gasteiger partial charge in [0.25, 0.3) is 0 Å². The molecular formula is C20H22F3N3O3S. The fraction of sp³-hybridized carbons (Fsp3) is 0.350. The third-order valence-electron chi connectivity index (χ3n) is 4.91. The molecule has 10 heteroatoms. The maximum absolute atomic E-state index is 13.1. The van der Waals surface area contributed by atoms with Gasteiger partial charge in [-0.15, -0.1) is 0 Å². The van der Waals surface area contributed by atoms with Crippen molar-refractivity contribution in [2.24, 2.45) is 0 Å². The summed E-state index contributed by atoms with van der Waals surface area (Å²) in [7, 11) is -5.67. The van der Waals surface area contributed by atoms with E-state index in [1.54, 1.807) is 53.3 Å². The second-order valence-electron chi connectivity index (χ2n) is 7.00. The van der Waals surface area contributed by atoms with Crippen molar-refractivity contribution < 1.29 is 26.4 Å². The predicted molar refractivity (Wildman–Crippen MR) is 106 cm³/mol. The van der Waals surface area contributed by atoms with E-state index in [2.05, 4.69) is 10.6 Å². The van der Waals surface area contributed by atoms with Gasteiger partial charge in [-0.2, -0.15) is 17.9 Å². The molecule has 1 aliphatic heterocycles. The summed E-state index contributed by atoms with van der Waals surface area (Å²) in [5, 5.41) is 5.79. The lowest BCUT2D eigenvalue weighted by Gasteiger charge is -2.30. The third-order valence-corrected chi connectivity index (χ3v) is 6.09. The third kappa shape index (κ3) is 5.18. The van der Waals surface area contributed by atoms with Crippen molar-refractivity contribution in [1.82, 2.24) is 15.4 Å². The molecule has 1 fully saturated rings. The molecule has 1 heterocycles. The Labute approximate surface area is 172 Å². The Kier molecular flexibility index (Phi) is 6.79. The number of benzene rings is 2. The largest absolute Gasteiger partial charge is 0.511 e. The highest BCUT2D eigenvalue weighted by molar-refractivity contribution is 7.90. The number of halogens is 3. The van der Waals surface area contributed by atoms with E-state index < -0.39 is 39.6 Å². The summed E-state index contributed by atoms with van der Waals surface area (Å²) in [4.78, 5) is 12.8. The number of sulfonamides is 1. The predicted octanol–water partition coefficient (Wildman–Crippen LogP) is 2.78. The van der Waals surface area contributed by atoms with Crippen molar-refractivity contribution in [3.63, 3.8) is 0 Å². The second kappa shape index (κ2) is 9.15. The average molecular weight is 441 g/mol. The number of nitrogens with one attached hydrogen (secondary N) is 3. The number of carbonyl (C=O) groups excluding carboxylic acids is 1. The highest BCUT2D eigenvalue weighted by atomic mass is 32.2. The Morgan fingerprint density at radius 3 is 1.97 bits per heavy atom. The molecule has 0 bridgehead atoms. The van der Waals surface area contributed by atoms with Crippen LogP contribution in [0.3, 0.4) is 0 Å². The SMILES string of the molecule is O=C(N[C@H](c1ccccc1)[C@@H](NS(=O)(=O)C(F)(F)F)c1ccccc1)[C@H]1CCCN1. The molecule has 0 aromatic heterocycles. The van der Waals surface area contributed by atoms with Crippen LogP contribution in [0.4, 0.5) is 13.2 Å². The number of carbonyl (C=O) groups is 1. The Balaban J connectivity index is 2.02. The Morgan fingerprint density at radius 1 is 0.967 bits per heavy atom. The zero-order valence-electron chi connectivity index (χ0n) is 15.9. The minimum absolute atomic E-state index is 0.291. The van der Waals surface area contributed by atoms with E-state index in [-0.39, 0.29) is 0 Å². The molecule has 30 heavy (non-hydrogen) atoms. The summed E-state index contributed by atoms with van der Waals surface area (Å²) >= 11 is 0. The van der Waals surface area contributed by atoms with Crippen molar-refractivity contribution in [3.8, 4) is 0 Å². The number of hydrogen-bond acceptors (Lipinski definition) is 4. The average Bonchev–Trinajstić information content (AvgIpc) is 3.26. The van der Waals surface area contributed by atoms with Crippen molar-refractivity contribution in [1.29, 1.82) is 0 Å². The maximum Gasteiger partial charge on any atom is 0.511 e. The Morgan fingerprint density at radius 2 is 1.50 bits per heavy atom. The molecule has 0 unspecified atom stereocenters. The van der Waals surface area contributed by atoms with Crippen LogP contribution in [0.1, 0.15) is 36.1 Å². The first-order chi connectivity index (χ1) is 14.2. The van der Waals surface area contributed by atoms with Crippen molar-refractivity contribution >= 4 is 15.9 Å². The van der Waals surface area contributed by atoms with Crippen LogP contribution in [0.5, 0.6) is 0 Å². The second-order valence-corrected chi connectivity index (χ2v) is 8.71. The number of hydrogen-bond donors (Lipinski definition) is 3. The standard InChI is InChI=1S/C20H22F3N3O3S/c21-20(22,23)30(28,29)26-18(15-10-5-2-6-11-15)17(14-8-3-1-4-9-14)25-19(27)16-12-7-13-24-16/h1-6,8-11,16-18,24,26H,7,12-13H2,(H,25,27)/t16-,17-,18+/m1/s1. The molecular weight excluding hydrogens is 419 g/mol. The van der Waals surface area contributed by atoms with E-state index >= 15 is 0 Å². The maximum atomic E-state index is 13.1. The van der Waals surface area contributed by atoms with Gasteiger partial charge < -0.3 is 10.6 Å². The summed E-state index contributed by atoms with van der Waals surface area (Å²) in [6, 6.07) is 13.3. The van der Waals surface area contributed by atoms with E-state index in [0.29, 0.717) is 24.1 Å². The molecule has 2 aromatic carbocycles. The van der Waals surface area contributed by atoms with Crippen LogP contribution in [0.25, 0.3) is 0 Å². The molecule has 3 atom stereocenters. The first kappa shape index (κ1) is 22.3. The molecule has 0 saturated carbocycles. The molecule has 162 valence electrons. The summed E-state index contributed by atoms with van der Waals surface area (Å²) in [5.74, 6) is -0.395. The highest BCUT2D eigenvalue weighted by Crippen LogP contribution is 2.33. The van der Waals surface area contributed by atoms with E-state index in [1.165, 1.54) is 12.1 Å². The van der Waals surface area contributed by atoms with Gasteiger partial charge in [-0.05, 0) is 30.5 Å². The molecule has 6 nitrogen and oxygen atoms in total. The van der Waals surface area contributed by atoms with Crippen molar-refractivity contribution in [3.05, 3.63) is 71.8 Å². The van der Waals surface area contributed by atoms with Crippen LogP contribution in [0.2, 0.25) is 0 Å². The number of alkyl halides is 3. The minimum Gasteiger partial charge on any atom is -0.346 e. The van der Waals surface area contributed by atoms with Crippen LogP contribution >= 0.6 is 0 Å². The van der Waals surface area contributed by atoms with Gasteiger partial charge >= 0.3 is 15.5 Å². The summed E-state index contributed by atoms with van der Waals surface area (Å²) < 4.78 is 65.1. The van der Waals surface area contributed by atoms with Crippen molar-refractivity contribution in [2.75, 3.05) is 6.54 Å². The van der Waals surface area contributed by atoms with Crippen molar-refractivity contribution in [2.45, 2.75) is 36.5 Å². The molecule has 1 aliphatic rings. The number of amides is 1. The monoisotopic (exact) mass is 441 g/mol. The molecule has 0 aliphatic carbocycles. The van der Waals surface area contributed by atoms with E-state index in [4.69, 9.17) is 0 Å². The van der Waals surface area contributed by atoms with Gasteiger partial charge in [0.05, 0.1) is 18.1 Å². The van der Waals surface area contributed by atoms with Crippen LogP contribution < -0.4 is 15.4 Å². The summed E-state index contributed by atoms with van der Waals surface area (Å²) in [6.07, 6.45) is 1.40. The van der Waals surface area contributed by atoms with Gasteiger partial charge in [-0.1, -0.05) is 60.7 Å². The lowest BCUT2D eigenvalue weighted by molar-refractivity contribution is -0.123. The van der Waals surface area contributed by atoms with E-state index in [9.17, 15) is 26.4 Å². The highest BCUT2D eigenvalue weighted by Gasteiger charge is 2.48. The van der Waals surface area contributed by atoms with Gasteiger partial charge in [0.1, 0.15) is 0 Å². The fourth-order valence-corrected chi connectivity index (χ4v) is 4.14. The van der Waals surface area contributed by atoms with Gasteiger partial charge in [-0.25, -0.2) is 8.42 Å². The number of rotatable bonds is 7. The summed E-state index contributed by atoms with van der Waals surface area (Å²) in [6.45, 7) is 0.664. The molecule has 1 saturated heterocycles. The molecule has 3 N–H and O–H groups in total. The lowest BCUT2D eigenvalue weighted by atomic mass is 9.93. The van der Waals surface area contributed by atoms with Gasteiger partial charge in [0, 0.05) is 0 Å². The Bertz CT molecular complexity index is 948. The van der Waals surface area contributed by atoms with Crippen LogP contribution in [0, 0.1) is 0 Å². The molecule has 3 rings (SSSR count). The molecule has 1 amide bonds. The molecule has 0 spiro atoms. The van der Waals surface area contributed by atoms with E-state index in [0.717, 1.165) is 6.42 Å². The first-order valence-corrected chi connectivity index (χ1v) is 10.9. The van der Waals surface area contributed by atoms with E-state index in [1.807, 2.05) is 0 Å². The van der Waals surface area contributed by atoms with Gasteiger partial charge in [0.15, 0.2) is 0 Å². The van der Waals surface area contributed by atoms with Crippen LogP contribution in [-0.2, 0) is 14.8 Å². The molecule has 2 aromatic rings. The quantitative estimate of drug-likeness (QED) is 0.617. The van der Waals surface area contributed by atoms with Gasteiger partial charge in [-0.3, -0.25) is 4.79 Å². The normalized spacial score (nSPS) is 19.2. The van der Waals surface area contributed by atoms with Crippen LogP contribution in [-0.4, -0.2) is 32.4 Å². The summed E-state index contributed by atoms with van der Waals surface area (Å²) in [5.41, 5.74) is -4.72. The topological polar surface area (TPSA) is 87.3 Å². The zero-order chi connectivity index (χ0) is 21.8. The first-order valence-electron chi connectivity index (χ1n) is 9.41. The minimum atomic E-state index is -5.67. The molecule has 0 radical (unpaired) electrons. The fourth-order valence-electron chi connectivity index (χ4n) is 3.40. The smallest absolute Gasteiger partial charge is 0.346 e. The lowest BCUT2D eigenvalue weighted by Crippen LogP contribution is -2.48. The van der Waals surface area contributed by atoms with Gasteiger partial charge in [0.2, 0.25) is 5.91 Å².